The molecule has 0 spiro atoms. The highest BCUT2D eigenvalue weighted by atomic mass is 32.2. The second kappa shape index (κ2) is 6.77. The molecule has 0 saturated heterocycles. The molecule has 0 fully saturated rings. The Balaban J connectivity index is 2.43. The zero-order chi connectivity index (χ0) is 17.2. The maximum absolute atomic E-state index is 13.2. The van der Waals surface area contributed by atoms with Crippen LogP contribution < -0.4 is 4.72 Å². The fraction of sp³-hybridized carbons (Fsp3) is 0.400. The number of aryl methyl sites for hydroxylation is 1. The first-order chi connectivity index (χ1) is 10.7. The average molecular weight is 340 g/mol. The summed E-state index contributed by atoms with van der Waals surface area (Å²) in [6, 6.07) is 4.79. The fourth-order valence-corrected chi connectivity index (χ4v) is 3.35. The molecule has 0 radical (unpaired) electrons. The molecule has 6 nitrogen and oxygen atoms in total. The maximum atomic E-state index is 13.2. The molecule has 0 unspecified atom stereocenters. The minimum absolute atomic E-state index is 0.192. The summed E-state index contributed by atoms with van der Waals surface area (Å²) in [4.78, 5) is 4.23. The van der Waals surface area contributed by atoms with Crippen molar-refractivity contribution < 1.29 is 12.8 Å². The predicted octanol–water partition coefficient (Wildman–Crippen LogP) is 1.82. The highest BCUT2D eigenvalue weighted by Crippen LogP contribution is 2.22. The van der Waals surface area contributed by atoms with Gasteiger partial charge in [-0.15, -0.1) is 0 Å². The number of benzene rings is 1. The molecule has 1 aromatic carbocycles. The van der Waals surface area contributed by atoms with Crippen LogP contribution in [-0.2, 0) is 17.3 Å². The van der Waals surface area contributed by atoms with E-state index < -0.39 is 16.3 Å². The molecule has 0 amide bonds. The lowest BCUT2D eigenvalue weighted by Crippen LogP contribution is -2.44. The Labute approximate surface area is 136 Å². The summed E-state index contributed by atoms with van der Waals surface area (Å²) in [5, 5.41) is 0. The summed E-state index contributed by atoms with van der Waals surface area (Å²) in [5.41, 5.74) is 0.612. The summed E-state index contributed by atoms with van der Waals surface area (Å²) >= 11 is 0. The Bertz CT molecular complexity index is 756. The number of nitrogens with zero attached hydrogens (tertiary/aromatic N) is 3. The maximum Gasteiger partial charge on any atom is 0.280 e. The van der Waals surface area contributed by atoms with Crippen molar-refractivity contribution in [3.8, 4) is 0 Å². The third kappa shape index (κ3) is 3.95. The lowest BCUT2D eigenvalue weighted by atomic mass is 10.1. The van der Waals surface area contributed by atoms with Gasteiger partial charge in [0.1, 0.15) is 17.7 Å². The van der Waals surface area contributed by atoms with Crippen LogP contribution in [0.25, 0.3) is 0 Å². The molecule has 2 rings (SSSR count). The zero-order valence-electron chi connectivity index (χ0n) is 13.6. The van der Waals surface area contributed by atoms with Crippen LogP contribution in [-0.4, -0.2) is 35.4 Å². The summed E-state index contributed by atoms with van der Waals surface area (Å²) in [5.74, 6) is 0.145. The van der Waals surface area contributed by atoms with Gasteiger partial charge in [-0.2, -0.15) is 17.4 Å². The van der Waals surface area contributed by atoms with Gasteiger partial charge in [-0.1, -0.05) is 12.1 Å². The first kappa shape index (κ1) is 17.6. The van der Waals surface area contributed by atoms with E-state index in [1.54, 1.807) is 50.0 Å². The Hall–Kier alpha value is -1.77. The van der Waals surface area contributed by atoms with Crippen molar-refractivity contribution in [3.63, 3.8) is 0 Å². The van der Waals surface area contributed by atoms with E-state index in [2.05, 4.69) is 9.71 Å². The van der Waals surface area contributed by atoms with Gasteiger partial charge >= 0.3 is 0 Å². The third-order valence-electron chi connectivity index (χ3n) is 3.69. The highest BCUT2D eigenvalue weighted by Gasteiger charge is 2.28. The molecule has 0 aliphatic heterocycles. The Morgan fingerprint density at radius 1 is 1.26 bits per heavy atom. The number of aromatic nitrogens is 2. The van der Waals surface area contributed by atoms with Crippen molar-refractivity contribution in [2.75, 3.05) is 7.05 Å². The normalized spacial score (nSPS) is 13.7. The van der Waals surface area contributed by atoms with Gasteiger partial charge in [-0.05, 0) is 31.5 Å². The molecule has 126 valence electrons. The standard InChI is InChI=1S/C15H21FN4O2S/c1-11(2)20(4)23(21,22)18-14(15-17-9-10-19(15)3)12-5-7-13(16)8-6-12/h5-11,14,18H,1-4H3/t14-/m1/s1. The van der Waals surface area contributed by atoms with Crippen LogP contribution in [0, 0.1) is 5.82 Å². The minimum atomic E-state index is -3.72. The van der Waals surface area contributed by atoms with Gasteiger partial charge in [0.25, 0.3) is 10.2 Å². The number of nitrogens with one attached hydrogen (secondary N) is 1. The van der Waals surface area contributed by atoms with Gasteiger partial charge in [-0.3, -0.25) is 0 Å². The van der Waals surface area contributed by atoms with E-state index in [1.165, 1.54) is 23.5 Å². The number of imidazole rings is 1. The van der Waals surface area contributed by atoms with Crippen molar-refractivity contribution in [3.05, 3.63) is 53.9 Å². The van der Waals surface area contributed by atoms with Crippen LogP contribution in [0.3, 0.4) is 0 Å². The van der Waals surface area contributed by atoms with E-state index in [1.807, 2.05) is 0 Å². The van der Waals surface area contributed by atoms with E-state index in [4.69, 9.17) is 0 Å². The minimum Gasteiger partial charge on any atom is -0.336 e. The van der Waals surface area contributed by atoms with Crippen LogP contribution in [0.15, 0.2) is 36.7 Å². The Morgan fingerprint density at radius 2 is 1.87 bits per heavy atom. The van der Waals surface area contributed by atoms with Gasteiger partial charge in [0.15, 0.2) is 0 Å². The van der Waals surface area contributed by atoms with Crippen molar-refractivity contribution >= 4 is 10.2 Å². The Kier molecular flexibility index (Phi) is 5.18. The molecule has 1 aromatic heterocycles. The van der Waals surface area contributed by atoms with Crippen LogP contribution >= 0.6 is 0 Å². The average Bonchev–Trinajstić information content (AvgIpc) is 2.91. The first-order valence-corrected chi connectivity index (χ1v) is 8.64. The molecule has 23 heavy (non-hydrogen) atoms. The lowest BCUT2D eigenvalue weighted by molar-refractivity contribution is 0.398. The number of halogens is 1. The second-order valence-electron chi connectivity index (χ2n) is 5.61. The number of hydrogen-bond donors (Lipinski definition) is 1. The summed E-state index contributed by atoms with van der Waals surface area (Å²) in [6.07, 6.45) is 3.32. The van der Waals surface area contributed by atoms with Gasteiger partial charge in [0, 0.05) is 32.5 Å². The molecule has 1 heterocycles. The molecule has 8 heteroatoms. The number of rotatable bonds is 6. The summed E-state index contributed by atoms with van der Waals surface area (Å²) < 4.78 is 43.9. The molecular formula is C15H21FN4O2S. The topological polar surface area (TPSA) is 67.2 Å². The third-order valence-corrected chi connectivity index (χ3v) is 5.41. The molecular weight excluding hydrogens is 319 g/mol. The molecule has 2 aromatic rings. The smallest absolute Gasteiger partial charge is 0.280 e. The zero-order valence-corrected chi connectivity index (χ0v) is 14.4. The van der Waals surface area contributed by atoms with Crippen LogP contribution in [0.2, 0.25) is 0 Å². The van der Waals surface area contributed by atoms with Crippen molar-refractivity contribution in [2.24, 2.45) is 7.05 Å². The number of hydrogen-bond acceptors (Lipinski definition) is 3. The van der Waals surface area contributed by atoms with Crippen molar-refractivity contribution in [2.45, 2.75) is 25.9 Å². The van der Waals surface area contributed by atoms with Crippen molar-refractivity contribution in [1.82, 2.24) is 18.6 Å². The van der Waals surface area contributed by atoms with Crippen LogP contribution in [0.4, 0.5) is 4.39 Å². The van der Waals surface area contributed by atoms with Crippen LogP contribution in [0.1, 0.15) is 31.3 Å². The largest absolute Gasteiger partial charge is 0.336 e. The van der Waals surface area contributed by atoms with E-state index in [9.17, 15) is 12.8 Å². The summed E-state index contributed by atoms with van der Waals surface area (Å²) in [7, 11) is -0.439. The lowest BCUT2D eigenvalue weighted by Gasteiger charge is -2.25. The van der Waals surface area contributed by atoms with Gasteiger partial charge in [0.05, 0.1) is 0 Å². The molecule has 0 aliphatic rings. The quantitative estimate of drug-likeness (QED) is 0.872. The fourth-order valence-electron chi connectivity index (χ4n) is 2.09. The molecule has 0 saturated carbocycles. The molecule has 0 bridgehead atoms. The van der Waals surface area contributed by atoms with Gasteiger partial charge < -0.3 is 4.57 Å². The van der Waals surface area contributed by atoms with E-state index in [0.29, 0.717) is 11.4 Å². The molecule has 1 N–H and O–H groups in total. The van der Waals surface area contributed by atoms with E-state index in [-0.39, 0.29) is 11.9 Å². The van der Waals surface area contributed by atoms with Gasteiger partial charge in [0.2, 0.25) is 0 Å². The van der Waals surface area contributed by atoms with E-state index in [0.717, 1.165) is 0 Å². The molecule has 1 atom stereocenters. The second-order valence-corrected chi connectivity index (χ2v) is 7.38. The summed E-state index contributed by atoms with van der Waals surface area (Å²) in [6.45, 7) is 3.57. The van der Waals surface area contributed by atoms with Gasteiger partial charge in [-0.25, -0.2) is 9.37 Å². The molecule has 0 aliphatic carbocycles. The van der Waals surface area contributed by atoms with Crippen LogP contribution in [0.5, 0.6) is 0 Å². The van der Waals surface area contributed by atoms with Crippen molar-refractivity contribution in [1.29, 1.82) is 0 Å². The SMILES string of the molecule is CC(C)N(C)S(=O)(=O)N[C@H](c1ccc(F)cc1)c1nccn1C. The first-order valence-electron chi connectivity index (χ1n) is 7.20. The predicted molar refractivity (Wildman–Crippen MR) is 86.4 cm³/mol. The van der Waals surface area contributed by atoms with E-state index >= 15 is 0 Å². The monoisotopic (exact) mass is 340 g/mol. The Morgan fingerprint density at radius 3 is 2.35 bits per heavy atom. The highest BCUT2D eigenvalue weighted by molar-refractivity contribution is 7.87.